The Labute approximate surface area is 400 Å². The molecule has 3 aromatic carbocycles. The molecule has 2 aliphatic rings. The minimum Gasteiger partial charge on any atom is -0.494 e. The van der Waals surface area contributed by atoms with E-state index >= 15 is 0 Å². The molecule has 1 saturated heterocycles. The standard InChI is InChI=1S/C51H61F3N6O7S/c1-31-41(68-30-57-31)33-15-13-32(14-16-33)28-56-44(63)39-12-11-23-60(39)45(64)42(48(2,3)4)58-40(61)29-65-24-9-10-25-66-36-20-17-34(18-21-36)43(62)59-46-49(5,6)47(50(46,7)8)67-37-22-19-35(27-55)38(26-37)51(52,53)54/h13-22,26,30,39,42,46-47H,9-12,23-25,28-29H2,1-8H3,(H,56,63)(H,58,61)(H,59,62)/t39-,42?,46?,47?/m0/s1. The number of alkyl halides is 3. The number of nitrogens with one attached hydrogen (secondary N) is 3. The second-order valence-corrected chi connectivity index (χ2v) is 20.6. The highest BCUT2D eigenvalue weighted by Gasteiger charge is 2.64. The molecule has 1 unspecified atom stereocenters. The second kappa shape index (κ2) is 21.1. The second-order valence-electron chi connectivity index (χ2n) is 19.7. The molecular weight excluding hydrogens is 898 g/mol. The summed E-state index contributed by atoms with van der Waals surface area (Å²) >= 11 is 1.58. The van der Waals surface area contributed by atoms with E-state index in [0.29, 0.717) is 56.7 Å². The number of amides is 4. The van der Waals surface area contributed by atoms with Gasteiger partial charge in [0.05, 0.1) is 39.9 Å². The molecule has 68 heavy (non-hydrogen) atoms. The van der Waals surface area contributed by atoms with E-state index in [1.165, 1.54) is 6.07 Å². The number of benzene rings is 3. The zero-order valence-electron chi connectivity index (χ0n) is 39.8. The smallest absolute Gasteiger partial charge is 0.417 e. The average Bonchev–Trinajstić information content (AvgIpc) is 3.97. The Balaban J connectivity index is 0.892. The van der Waals surface area contributed by atoms with Gasteiger partial charge in [-0.1, -0.05) is 72.7 Å². The average molecular weight is 959 g/mol. The van der Waals surface area contributed by atoms with Crippen LogP contribution >= 0.6 is 11.3 Å². The first kappa shape index (κ1) is 51.4. The van der Waals surface area contributed by atoms with Gasteiger partial charge in [0, 0.05) is 42.1 Å². The number of thiazole rings is 1. The molecular formula is C51H61F3N6O7S. The van der Waals surface area contributed by atoms with Crippen LogP contribution in [-0.4, -0.2) is 84.1 Å². The minimum atomic E-state index is -4.71. The van der Waals surface area contributed by atoms with Crippen molar-refractivity contribution in [2.75, 3.05) is 26.4 Å². The van der Waals surface area contributed by atoms with Crippen LogP contribution in [0.5, 0.6) is 11.5 Å². The van der Waals surface area contributed by atoms with E-state index < -0.39 is 57.6 Å². The molecule has 4 aromatic rings. The highest BCUT2D eigenvalue weighted by molar-refractivity contribution is 7.13. The minimum absolute atomic E-state index is 0.00793. The molecule has 13 nitrogen and oxygen atoms in total. The molecule has 364 valence electrons. The molecule has 6 rings (SSSR count). The topological polar surface area (TPSA) is 172 Å². The van der Waals surface area contributed by atoms with E-state index in [1.807, 2.05) is 85.2 Å². The summed E-state index contributed by atoms with van der Waals surface area (Å²) < 4.78 is 58.4. The van der Waals surface area contributed by atoms with Gasteiger partial charge in [-0.2, -0.15) is 18.4 Å². The van der Waals surface area contributed by atoms with E-state index in [0.717, 1.165) is 33.8 Å². The number of carbonyl (C=O) groups excluding carboxylic acids is 4. The van der Waals surface area contributed by atoms with Gasteiger partial charge < -0.3 is 35.1 Å². The molecule has 2 heterocycles. The highest BCUT2D eigenvalue weighted by Crippen LogP contribution is 2.56. The summed E-state index contributed by atoms with van der Waals surface area (Å²) in [5.74, 6) is -0.735. The molecule has 1 aromatic heterocycles. The summed E-state index contributed by atoms with van der Waals surface area (Å²) in [7, 11) is 0. The van der Waals surface area contributed by atoms with Gasteiger partial charge in [-0.15, -0.1) is 11.3 Å². The molecule has 0 bridgehead atoms. The fraction of sp³-hybridized carbons (Fsp3) is 0.490. The van der Waals surface area contributed by atoms with Crippen LogP contribution in [0, 0.1) is 34.5 Å². The van der Waals surface area contributed by atoms with Crippen molar-refractivity contribution in [1.82, 2.24) is 25.8 Å². The Bertz CT molecular complexity index is 2460. The molecule has 3 N–H and O–H groups in total. The van der Waals surface area contributed by atoms with Crippen molar-refractivity contribution in [1.29, 1.82) is 5.26 Å². The molecule has 2 fully saturated rings. The molecule has 1 aliphatic heterocycles. The lowest BCUT2D eigenvalue weighted by molar-refractivity contribution is -0.164. The Kier molecular flexibility index (Phi) is 16.0. The summed E-state index contributed by atoms with van der Waals surface area (Å²) in [6.07, 6.45) is -2.82. The van der Waals surface area contributed by atoms with Gasteiger partial charge in [0.2, 0.25) is 17.7 Å². The number of halogens is 3. The zero-order chi connectivity index (χ0) is 49.6. The molecule has 4 amide bonds. The Morgan fingerprint density at radius 1 is 0.941 bits per heavy atom. The molecule has 1 aliphatic carbocycles. The number of nitriles is 1. The lowest BCUT2D eigenvalue weighted by atomic mass is 9.49. The van der Waals surface area contributed by atoms with E-state index in [2.05, 4.69) is 20.9 Å². The van der Waals surface area contributed by atoms with Crippen LogP contribution in [0.4, 0.5) is 13.2 Å². The molecule has 2 atom stereocenters. The van der Waals surface area contributed by atoms with Gasteiger partial charge in [0.15, 0.2) is 0 Å². The van der Waals surface area contributed by atoms with Gasteiger partial charge in [-0.05, 0) is 91.6 Å². The first-order valence-corrected chi connectivity index (χ1v) is 23.7. The Morgan fingerprint density at radius 3 is 2.22 bits per heavy atom. The van der Waals surface area contributed by atoms with Crippen LogP contribution in [0.1, 0.15) is 107 Å². The number of likely N-dealkylation sites (tertiary alicyclic amines) is 1. The number of unbranched alkanes of at least 4 members (excludes halogenated alkanes) is 1. The summed E-state index contributed by atoms with van der Waals surface area (Å²) in [5, 5.41) is 18.1. The van der Waals surface area contributed by atoms with Gasteiger partial charge >= 0.3 is 6.18 Å². The van der Waals surface area contributed by atoms with Gasteiger partial charge in [-0.3, -0.25) is 19.2 Å². The number of nitrogens with zero attached hydrogens (tertiary/aromatic N) is 3. The summed E-state index contributed by atoms with van der Waals surface area (Å²) in [4.78, 5) is 60.7. The number of rotatable bonds is 18. The van der Waals surface area contributed by atoms with Crippen LogP contribution in [0.25, 0.3) is 10.4 Å². The molecule has 17 heteroatoms. The number of hydrogen-bond donors (Lipinski definition) is 3. The van der Waals surface area contributed by atoms with Gasteiger partial charge in [-0.25, -0.2) is 4.98 Å². The third kappa shape index (κ3) is 12.0. The number of hydrogen-bond acceptors (Lipinski definition) is 10. The third-order valence-electron chi connectivity index (χ3n) is 12.8. The third-order valence-corrected chi connectivity index (χ3v) is 13.8. The number of aryl methyl sites for hydroxylation is 1. The predicted molar refractivity (Wildman–Crippen MR) is 252 cm³/mol. The predicted octanol–water partition coefficient (Wildman–Crippen LogP) is 8.63. The number of carbonyl (C=O) groups is 4. The van der Waals surface area contributed by atoms with E-state index in [1.54, 1.807) is 46.6 Å². The quantitative estimate of drug-likeness (QED) is 0.0826. The van der Waals surface area contributed by atoms with Crippen molar-refractivity contribution in [2.45, 2.75) is 118 Å². The first-order chi connectivity index (χ1) is 32.0. The Hall–Kier alpha value is -5.99. The van der Waals surface area contributed by atoms with Gasteiger partial charge in [0.25, 0.3) is 5.91 Å². The van der Waals surface area contributed by atoms with Crippen molar-refractivity contribution in [2.24, 2.45) is 16.2 Å². The molecule has 1 saturated carbocycles. The van der Waals surface area contributed by atoms with Crippen molar-refractivity contribution in [3.8, 4) is 28.0 Å². The maximum Gasteiger partial charge on any atom is 0.417 e. The van der Waals surface area contributed by atoms with Crippen molar-refractivity contribution < 1.29 is 46.6 Å². The Morgan fingerprint density at radius 2 is 1.60 bits per heavy atom. The fourth-order valence-corrected chi connectivity index (χ4v) is 10.2. The van der Waals surface area contributed by atoms with Crippen LogP contribution in [-0.2, 0) is 31.8 Å². The molecule has 0 radical (unpaired) electrons. The van der Waals surface area contributed by atoms with E-state index in [-0.39, 0.29) is 42.7 Å². The van der Waals surface area contributed by atoms with Crippen LogP contribution in [0.2, 0.25) is 0 Å². The summed E-state index contributed by atoms with van der Waals surface area (Å²) in [6, 6.07) is 17.6. The van der Waals surface area contributed by atoms with Crippen LogP contribution in [0.15, 0.2) is 72.2 Å². The van der Waals surface area contributed by atoms with Crippen molar-refractivity contribution >= 4 is 35.0 Å². The lowest BCUT2D eigenvalue weighted by Crippen LogP contribution is -2.74. The van der Waals surface area contributed by atoms with Crippen LogP contribution in [0.3, 0.4) is 0 Å². The summed E-state index contributed by atoms with van der Waals surface area (Å²) in [5.41, 5.74) is 1.72. The molecule has 0 spiro atoms. The number of ether oxygens (including phenoxy) is 3. The fourth-order valence-electron chi connectivity index (χ4n) is 9.42. The normalized spacial score (nSPS) is 19.0. The lowest BCUT2D eigenvalue weighted by Gasteiger charge is -2.63. The van der Waals surface area contributed by atoms with Crippen molar-refractivity contribution in [3.05, 3.63) is 100 Å². The van der Waals surface area contributed by atoms with Crippen molar-refractivity contribution in [3.63, 3.8) is 0 Å². The number of aromatic nitrogens is 1. The van der Waals surface area contributed by atoms with E-state index in [9.17, 15) is 32.3 Å². The maximum atomic E-state index is 13.9. The van der Waals surface area contributed by atoms with E-state index in [4.69, 9.17) is 19.5 Å². The van der Waals surface area contributed by atoms with Gasteiger partial charge in [0.1, 0.15) is 36.3 Å². The highest BCUT2D eigenvalue weighted by atomic mass is 32.1. The first-order valence-electron chi connectivity index (χ1n) is 22.8. The monoisotopic (exact) mass is 958 g/mol. The SMILES string of the molecule is Cc1ncsc1-c1ccc(CNC(=O)[C@@H]2CCCN2C(=O)C(NC(=O)COCCCCOc2ccc(C(=O)NC3C(C)(C)C(Oc4ccc(C#N)c(C(F)(F)F)c4)C3(C)C)cc2)C(C)(C)C)cc1. The van der Waals surface area contributed by atoms with Crippen LogP contribution < -0.4 is 25.4 Å². The zero-order valence-corrected chi connectivity index (χ0v) is 40.7. The summed E-state index contributed by atoms with van der Waals surface area (Å²) in [6.45, 7) is 16.3. The largest absolute Gasteiger partial charge is 0.494 e. The maximum absolute atomic E-state index is 13.9.